The molecule has 3 rings (SSSR count). The fraction of sp³-hybridized carbons (Fsp3) is 0.714. The average Bonchev–Trinajstić information content (AvgIpc) is 3.12. The van der Waals surface area contributed by atoms with Gasteiger partial charge in [0.2, 0.25) is 5.95 Å². The third kappa shape index (κ3) is 2.74. The first-order valence-electron chi connectivity index (χ1n) is 7.08. The number of hydrogen-bond donors (Lipinski definition) is 1. The molecule has 2 heterocycles. The van der Waals surface area contributed by atoms with Gasteiger partial charge in [-0.3, -0.25) is 0 Å². The highest BCUT2D eigenvalue weighted by Crippen LogP contribution is 2.26. The first kappa shape index (κ1) is 11.8. The number of anilines is 2. The van der Waals surface area contributed by atoms with Crippen LogP contribution in [0, 0.1) is 12.8 Å². The molecule has 1 aromatic rings. The molecule has 1 unspecified atom stereocenters. The van der Waals surface area contributed by atoms with E-state index in [4.69, 9.17) is 0 Å². The van der Waals surface area contributed by atoms with Crippen molar-refractivity contribution in [2.45, 2.75) is 45.6 Å². The summed E-state index contributed by atoms with van der Waals surface area (Å²) in [5, 5.41) is 3.47. The molecule has 1 aliphatic carbocycles. The van der Waals surface area contributed by atoms with Gasteiger partial charge < -0.3 is 10.2 Å². The van der Waals surface area contributed by atoms with Gasteiger partial charge in [-0.15, -0.1) is 0 Å². The minimum absolute atomic E-state index is 0.646. The highest BCUT2D eigenvalue weighted by molar-refractivity contribution is 5.45. The lowest BCUT2D eigenvalue weighted by molar-refractivity contribution is 0.442. The van der Waals surface area contributed by atoms with Gasteiger partial charge in [0.05, 0.1) is 0 Å². The molecular weight excluding hydrogens is 224 g/mol. The Kier molecular flexibility index (Phi) is 3.10. The fourth-order valence-corrected chi connectivity index (χ4v) is 2.58. The second-order valence-electron chi connectivity index (χ2n) is 5.81. The molecule has 1 saturated heterocycles. The summed E-state index contributed by atoms with van der Waals surface area (Å²) >= 11 is 0. The van der Waals surface area contributed by atoms with Crippen molar-refractivity contribution < 1.29 is 0 Å². The van der Waals surface area contributed by atoms with Gasteiger partial charge in [-0.1, -0.05) is 6.92 Å². The Morgan fingerprint density at radius 1 is 1.28 bits per heavy atom. The van der Waals surface area contributed by atoms with Gasteiger partial charge in [0.25, 0.3) is 0 Å². The molecule has 98 valence electrons. The third-order valence-corrected chi connectivity index (χ3v) is 3.71. The molecule has 0 bridgehead atoms. The van der Waals surface area contributed by atoms with Crippen molar-refractivity contribution >= 4 is 11.8 Å². The third-order valence-electron chi connectivity index (χ3n) is 3.71. The zero-order chi connectivity index (χ0) is 12.5. The van der Waals surface area contributed by atoms with E-state index in [1.165, 1.54) is 25.7 Å². The first-order valence-corrected chi connectivity index (χ1v) is 7.08. The summed E-state index contributed by atoms with van der Waals surface area (Å²) in [4.78, 5) is 11.6. The van der Waals surface area contributed by atoms with Crippen LogP contribution in [0.4, 0.5) is 11.8 Å². The van der Waals surface area contributed by atoms with Crippen LogP contribution >= 0.6 is 0 Å². The number of aryl methyl sites for hydroxylation is 1. The second-order valence-corrected chi connectivity index (χ2v) is 5.81. The summed E-state index contributed by atoms with van der Waals surface area (Å²) in [5.74, 6) is 2.66. The van der Waals surface area contributed by atoms with Crippen LogP contribution in [0.15, 0.2) is 6.07 Å². The molecule has 4 nitrogen and oxygen atoms in total. The van der Waals surface area contributed by atoms with Crippen LogP contribution in [0.25, 0.3) is 0 Å². The normalized spacial score (nSPS) is 24.1. The molecule has 0 aromatic carbocycles. The minimum atomic E-state index is 0.646. The topological polar surface area (TPSA) is 41.1 Å². The van der Waals surface area contributed by atoms with Crippen LogP contribution in [0.3, 0.4) is 0 Å². The Labute approximate surface area is 109 Å². The summed E-state index contributed by atoms with van der Waals surface area (Å²) in [5.41, 5.74) is 1.06. The van der Waals surface area contributed by atoms with Crippen molar-refractivity contribution in [3.05, 3.63) is 11.8 Å². The van der Waals surface area contributed by atoms with E-state index in [9.17, 15) is 0 Å². The quantitative estimate of drug-likeness (QED) is 0.890. The van der Waals surface area contributed by atoms with Gasteiger partial charge in [-0.25, -0.2) is 4.98 Å². The second kappa shape index (κ2) is 4.75. The van der Waals surface area contributed by atoms with Crippen LogP contribution in [-0.4, -0.2) is 29.1 Å². The molecule has 1 saturated carbocycles. The molecule has 0 amide bonds. The van der Waals surface area contributed by atoms with E-state index in [-0.39, 0.29) is 0 Å². The van der Waals surface area contributed by atoms with Gasteiger partial charge in [0.15, 0.2) is 0 Å². The minimum Gasteiger partial charge on any atom is -0.367 e. The van der Waals surface area contributed by atoms with E-state index in [0.29, 0.717) is 6.04 Å². The summed E-state index contributed by atoms with van der Waals surface area (Å²) in [6.45, 7) is 6.55. The molecule has 18 heavy (non-hydrogen) atoms. The van der Waals surface area contributed by atoms with Crippen molar-refractivity contribution in [1.29, 1.82) is 0 Å². The molecule has 0 radical (unpaired) electrons. The highest BCUT2D eigenvalue weighted by atomic mass is 15.3. The molecular formula is C14H22N4. The lowest BCUT2D eigenvalue weighted by atomic mass is 10.0. The molecule has 1 aliphatic heterocycles. The predicted molar refractivity (Wildman–Crippen MR) is 74.0 cm³/mol. The Morgan fingerprint density at radius 3 is 2.83 bits per heavy atom. The molecule has 2 aliphatic rings. The molecule has 1 aromatic heterocycles. The standard InChI is InChI=1S/C14H22N4/c1-10-4-3-7-18(9-10)14-15-11(2)8-13(17-14)16-12-5-6-12/h8,10,12H,3-7,9H2,1-2H3,(H,15,16,17). The van der Waals surface area contributed by atoms with Crippen molar-refractivity contribution in [1.82, 2.24) is 9.97 Å². The smallest absolute Gasteiger partial charge is 0.227 e. The summed E-state index contributed by atoms with van der Waals surface area (Å²) in [7, 11) is 0. The zero-order valence-corrected chi connectivity index (χ0v) is 11.3. The van der Waals surface area contributed by atoms with Crippen LogP contribution in [0.1, 0.15) is 38.3 Å². The van der Waals surface area contributed by atoms with E-state index in [1.54, 1.807) is 0 Å². The number of nitrogens with one attached hydrogen (secondary N) is 1. The van der Waals surface area contributed by atoms with E-state index in [0.717, 1.165) is 36.5 Å². The van der Waals surface area contributed by atoms with Gasteiger partial charge in [0, 0.05) is 30.9 Å². The first-order chi connectivity index (χ1) is 8.70. The largest absolute Gasteiger partial charge is 0.367 e. The van der Waals surface area contributed by atoms with Gasteiger partial charge in [-0.2, -0.15) is 4.98 Å². The summed E-state index contributed by atoms with van der Waals surface area (Å²) in [6.07, 6.45) is 5.14. The van der Waals surface area contributed by atoms with E-state index in [2.05, 4.69) is 40.1 Å². The maximum Gasteiger partial charge on any atom is 0.227 e. The van der Waals surface area contributed by atoms with Crippen molar-refractivity contribution in [2.75, 3.05) is 23.3 Å². The molecule has 0 spiro atoms. The molecule has 2 fully saturated rings. The lowest BCUT2D eigenvalue weighted by Crippen LogP contribution is -2.35. The Bertz CT molecular complexity index is 428. The number of hydrogen-bond acceptors (Lipinski definition) is 4. The van der Waals surface area contributed by atoms with Crippen molar-refractivity contribution in [3.63, 3.8) is 0 Å². The van der Waals surface area contributed by atoms with Gasteiger partial charge >= 0.3 is 0 Å². The van der Waals surface area contributed by atoms with Crippen LogP contribution < -0.4 is 10.2 Å². The zero-order valence-electron chi connectivity index (χ0n) is 11.3. The van der Waals surface area contributed by atoms with Crippen LogP contribution in [0.2, 0.25) is 0 Å². The maximum atomic E-state index is 4.68. The van der Waals surface area contributed by atoms with Crippen LogP contribution in [-0.2, 0) is 0 Å². The SMILES string of the molecule is Cc1cc(NC2CC2)nc(N2CCCC(C)C2)n1. The summed E-state index contributed by atoms with van der Waals surface area (Å²) in [6, 6.07) is 2.70. The Hall–Kier alpha value is -1.32. The van der Waals surface area contributed by atoms with Crippen LogP contribution in [0.5, 0.6) is 0 Å². The molecule has 4 heteroatoms. The lowest BCUT2D eigenvalue weighted by Gasteiger charge is -2.31. The van der Waals surface area contributed by atoms with Crippen molar-refractivity contribution in [3.8, 4) is 0 Å². The monoisotopic (exact) mass is 246 g/mol. The van der Waals surface area contributed by atoms with E-state index < -0.39 is 0 Å². The predicted octanol–water partition coefficient (Wildman–Crippen LogP) is 2.60. The maximum absolute atomic E-state index is 4.68. The Balaban J connectivity index is 1.78. The molecule has 1 N–H and O–H groups in total. The van der Waals surface area contributed by atoms with E-state index >= 15 is 0 Å². The number of piperidine rings is 1. The number of aromatic nitrogens is 2. The Morgan fingerprint density at radius 2 is 2.11 bits per heavy atom. The van der Waals surface area contributed by atoms with E-state index in [1.807, 2.05) is 0 Å². The fourth-order valence-electron chi connectivity index (χ4n) is 2.58. The number of rotatable bonds is 3. The molecule has 1 atom stereocenters. The van der Waals surface area contributed by atoms with Gasteiger partial charge in [0.1, 0.15) is 5.82 Å². The van der Waals surface area contributed by atoms with Gasteiger partial charge in [-0.05, 0) is 38.5 Å². The highest BCUT2D eigenvalue weighted by Gasteiger charge is 2.23. The number of nitrogens with zero attached hydrogens (tertiary/aromatic N) is 3. The summed E-state index contributed by atoms with van der Waals surface area (Å²) < 4.78 is 0. The van der Waals surface area contributed by atoms with Crippen molar-refractivity contribution in [2.24, 2.45) is 5.92 Å². The average molecular weight is 246 g/mol.